The van der Waals surface area contributed by atoms with Crippen LogP contribution in [0.3, 0.4) is 0 Å². The van der Waals surface area contributed by atoms with Crippen LogP contribution >= 0.6 is 0 Å². The first kappa shape index (κ1) is 24.6. The summed E-state index contributed by atoms with van der Waals surface area (Å²) in [6.45, 7) is 4.19. The Balaban J connectivity index is 0.000000500. The van der Waals surface area contributed by atoms with Crippen LogP contribution in [0.4, 0.5) is 0 Å². The van der Waals surface area contributed by atoms with Crippen molar-refractivity contribution in [3.63, 3.8) is 0 Å². The summed E-state index contributed by atoms with van der Waals surface area (Å²) in [5, 5.41) is 0. The maximum atomic E-state index is 11.1. The van der Waals surface area contributed by atoms with Crippen LogP contribution in [-0.4, -0.2) is 37.3 Å². The van der Waals surface area contributed by atoms with E-state index in [-0.39, 0.29) is 0 Å². The highest BCUT2D eigenvalue weighted by atomic mass is 32.2. The summed E-state index contributed by atoms with van der Waals surface area (Å²) in [7, 11) is -3.67. The molecule has 0 aromatic heterocycles. The monoisotopic (exact) mass is 396 g/mol. The van der Waals surface area contributed by atoms with Crippen LogP contribution in [0, 0.1) is 0 Å². The number of ether oxygens (including phenoxy) is 1. The summed E-state index contributed by atoms with van der Waals surface area (Å²) < 4.78 is 31.2. The standard InChI is InChI=1S/C12H18N2O2.C6H6.CH4O3S/c1-3-16-10-6-4-9(5-7-10)8-12(2,14)11(13)15;1-2-4-6-5-3-1;1-5(2,3)4/h4-7H,3,8,14H2,1-2H3,(H2,13,15);1-6H;1H3,(H,2,3,4). The average molecular weight is 397 g/mol. The maximum absolute atomic E-state index is 11.1. The van der Waals surface area contributed by atoms with E-state index < -0.39 is 21.6 Å². The van der Waals surface area contributed by atoms with Crippen LogP contribution in [-0.2, 0) is 21.3 Å². The van der Waals surface area contributed by atoms with E-state index in [4.69, 9.17) is 20.8 Å². The first-order chi connectivity index (χ1) is 12.5. The molecule has 2 rings (SSSR count). The summed E-state index contributed by atoms with van der Waals surface area (Å²) in [5.74, 6) is 0.311. The lowest BCUT2D eigenvalue weighted by molar-refractivity contribution is -0.122. The molecule has 0 aliphatic rings. The minimum absolute atomic E-state index is 0.425. The summed E-state index contributed by atoms with van der Waals surface area (Å²) >= 11 is 0. The molecular weight excluding hydrogens is 368 g/mol. The minimum Gasteiger partial charge on any atom is -0.494 e. The Morgan fingerprint density at radius 3 is 1.74 bits per heavy atom. The predicted molar refractivity (Wildman–Crippen MR) is 107 cm³/mol. The molecule has 150 valence electrons. The molecule has 0 bridgehead atoms. The molecule has 0 aliphatic heterocycles. The quantitative estimate of drug-likeness (QED) is 0.662. The van der Waals surface area contributed by atoms with Gasteiger partial charge >= 0.3 is 0 Å². The predicted octanol–water partition coefficient (Wildman–Crippen LogP) is 2.02. The SMILES string of the molecule is CCOc1ccc(CC(C)(N)C(N)=O)cc1.CS(=O)(=O)O.c1ccccc1. The molecule has 0 fully saturated rings. The van der Waals surface area contributed by atoms with Gasteiger partial charge in [-0.2, -0.15) is 8.42 Å². The van der Waals surface area contributed by atoms with E-state index in [1.54, 1.807) is 6.92 Å². The van der Waals surface area contributed by atoms with Crippen molar-refractivity contribution in [3.05, 3.63) is 66.2 Å². The van der Waals surface area contributed by atoms with Crippen molar-refractivity contribution < 1.29 is 22.5 Å². The second kappa shape index (κ2) is 12.1. The fourth-order valence-electron chi connectivity index (χ4n) is 1.77. The fourth-order valence-corrected chi connectivity index (χ4v) is 1.77. The number of carbonyl (C=O) groups is 1. The maximum Gasteiger partial charge on any atom is 0.261 e. The van der Waals surface area contributed by atoms with Crippen LogP contribution in [0.2, 0.25) is 0 Å². The number of carbonyl (C=O) groups excluding carboxylic acids is 1. The van der Waals surface area contributed by atoms with Gasteiger partial charge in [-0.25, -0.2) is 0 Å². The van der Waals surface area contributed by atoms with Gasteiger partial charge in [0.15, 0.2) is 0 Å². The van der Waals surface area contributed by atoms with Crippen molar-refractivity contribution in [1.29, 1.82) is 0 Å². The van der Waals surface area contributed by atoms with Gasteiger partial charge in [-0.05, 0) is 38.0 Å². The normalized spacial score (nSPS) is 12.3. The number of benzene rings is 2. The van der Waals surface area contributed by atoms with E-state index in [1.807, 2.05) is 67.6 Å². The minimum atomic E-state index is -3.67. The van der Waals surface area contributed by atoms with Crippen molar-refractivity contribution in [3.8, 4) is 5.75 Å². The largest absolute Gasteiger partial charge is 0.494 e. The Labute approximate surface area is 161 Å². The molecule has 0 radical (unpaired) electrons. The molecule has 7 nitrogen and oxygen atoms in total. The van der Waals surface area contributed by atoms with Gasteiger partial charge in [0.25, 0.3) is 10.1 Å². The Kier molecular flexibility index (Phi) is 11.0. The summed E-state index contributed by atoms with van der Waals surface area (Å²) in [6, 6.07) is 19.5. The van der Waals surface area contributed by atoms with Crippen LogP contribution in [0.15, 0.2) is 60.7 Å². The number of primary amides is 1. The van der Waals surface area contributed by atoms with Gasteiger partial charge in [-0.1, -0.05) is 48.5 Å². The lowest BCUT2D eigenvalue weighted by Crippen LogP contribution is -2.51. The molecule has 2 aromatic carbocycles. The Morgan fingerprint density at radius 2 is 1.44 bits per heavy atom. The third kappa shape index (κ3) is 14.4. The lowest BCUT2D eigenvalue weighted by atomic mass is 9.93. The van der Waals surface area contributed by atoms with Gasteiger partial charge < -0.3 is 16.2 Å². The third-order valence-electron chi connectivity index (χ3n) is 3.04. The molecule has 0 saturated carbocycles. The highest BCUT2D eigenvalue weighted by Gasteiger charge is 2.25. The topological polar surface area (TPSA) is 133 Å². The van der Waals surface area contributed by atoms with Crippen molar-refractivity contribution >= 4 is 16.0 Å². The zero-order valence-electron chi connectivity index (χ0n) is 15.8. The van der Waals surface area contributed by atoms with Crippen LogP contribution in [0.25, 0.3) is 0 Å². The summed E-state index contributed by atoms with van der Waals surface area (Å²) in [4.78, 5) is 11.1. The summed E-state index contributed by atoms with van der Waals surface area (Å²) in [5.41, 5.74) is 10.9. The lowest BCUT2D eigenvalue weighted by Gasteiger charge is -2.20. The smallest absolute Gasteiger partial charge is 0.261 e. The van der Waals surface area contributed by atoms with Gasteiger partial charge in [0.2, 0.25) is 5.91 Å². The van der Waals surface area contributed by atoms with Gasteiger partial charge in [0, 0.05) is 0 Å². The molecular formula is C19H28N2O5S. The van der Waals surface area contributed by atoms with Crippen molar-refractivity contribution in [1.82, 2.24) is 0 Å². The molecule has 2 aromatic rings. The van der Waals surface area contributed by atoms with Crippen molar-refractivity contribution in [2.75, 3.05) is 12.9 Å². The second-order valence-corrected chi connectivity index (χ2v) is 7.39. The van der Waals surface area contributed by atoms with E-state index in [1.165, 1.54) is 0 Å². The number of hydrogen-bond acceptors (Lipinski definition) is 5. The zero-order chi connectivity index (χ0) is 20.9. The summed E-state index contributed by atoms with van der Waals surface area (Å²) in [6.07, 6.45) is 1.14. The molecule has 5 N–H and O–H groups in total. The number of nitrogens with two attached hydrogens (primary N) is 2. The number of rotatable bonds is 5. The Bertz CT molecular complexity index is 726. The molecule has 1 atom stereocenters. The van der Waals surface area contributed by atoms with Gasteiger partial charge in [-0.15, -0.1) is 0 Å². The zero-order valence-corrected chi connectivity index (χ0v) is 16.6. The fraction of sp³-hybridized carbons (Fsp3) is 0.316. The van der Waals surface area contributed by atoms with E-state index >= 15 is 0 Å². The van der Waals surface area contributed by atoms with E-state index in [9.17, 15) is 13.2 Å². The van der Waals surface area contributed by atoms with E-state index in [2.05, 4.69) is 0 Å². The highest BCUT2D eigenvalue weighted by Crippen LogP contribution is 2.15. The third-order valence-corrected chi connectivity index (χ3v) is 3.04. The van der Waals surface area contributed by atoms with E-state index in [0.717, 1.165) is 11.3 Å². The van der Waals surface area contributed by atoms with Crippen LogP contribution in [0.1, 0.15) is 19.4 Å². The molecule has 1 amide bonds. The van der Waals surface area contributed by atoms with E-state index in [0.29, 0.717) is 19.3 Å². The molecule has 27 heavy (non-hydrogen) atoms. The van der Waals surface area contributed by atoms with Gasteiger partial charge in [0.1, 0.15) is 5.75 Å². The van der Waals surface area contributed by atoms with Crippen LogP contribution in [0.5, 0.6) is 5.75 Å². The first-order valence-corrected chi connectivity index (χ1v) is 10.0. The highest BCUT2D eigenvalue weighted by molar-refractivity contribution is 7.85. The Morgan fingerprint density at radius 1 is 1.07 bits per heavy atom. The Hall–Kier alpha value is -2.42. The van der Waals surface area contributed by atoms with Gasteiger partial charge in [0.05, 0.1) is 18.4 Å². The van der Waals surface area contributed by atoms with Gasteiger partial charge in [-0.3, -0.25) is 9.35 Å². The molecule has 1 unspecified atom stereocenters. The molecule has 0 spiro atoms. The molecule has 0 heterocycles. The van der Waals surface area contributed by atoms with Crippen molar-refractivity contribution in [2.24, 2.45) is 11.5 Å². The van der Waals surface area contributed by atoms with Crippen LogP contribution < -0.4 is 16.2 Å². The molecule has 0 saturated heterocycles. The first-order valence-electron chi connectivity index (χ1n) is 8.18. The second-order valence-electron chi connectivity index (χ2n) is 5.92. The number of hydrogen-bond donors (Lipinski definition) is 3. The van der Waals surface area contributed by atoms with Crippen molar-refractivity contribution in [2.45, 2.75) is 25.8 Å². The molecule has 0 aliphatic carbocycles. The average Bonchev–Trinajstić information content (AvgIpc) is 2.57. The molecule has 8 heteroatoms. The number of amides is 1.